The summed E-state index contributed by atoms with van der Waals surface area (Å²) in [4.78, 5) is 33.1. The third-order valence-electron chi connectivity index (χ3n) is 2.16. The van der Waals surface area contributed by atoms with Crippen molar-refractivity contribution in [1.29, 1.82) is 0 Å². The summed E-state index contributed by atoms with van der Waals surface area (Å²) in [5.74, 6) is -3.60. The summed E-state index contributed by atoms with van der Waals surface area (Å²) in [6.07, 6.45) is -0.737. The van der Waals surface area contributed by atoms with E-state index in [4.69, 9.17) is 33.4 Å². The topological polar surface area (TPSA) is 104 Å². The minimum atomic E-state index is -1.54. The van der Waals surface area contributed by atoms with Gasteiger partial charge in [-0.25, -0.2) is 4.79 Å². The van der Waals surface area contributed by atoms with E-state index in [2.05, 4.69) is 5.32 Å². The van der Waals surface area contributed by atoms with Gasteiger partial charge >= 0.3 is 11.9 Å². The van der Waals surface area contributed by atoms with Crippen LogP contribution in [0.15, 0.2) is 18.2 Å². The first-order chi connectivity index (χ1) is 8.81. The van der Waals surface area contributed by atoms with Crippen molar-refractivity contribution in [2.45, 2.75) is 12.5 Å². The van der Waals surface area contributed by atoms with Crippen molar-refractivity contribution >= 4 is 41.0 Å². The normalized spacial score (nSPS) is 11.7. The zero-order valence-electron chi connectivity index (χ0n) is 9.39. The number of carboxylic acids is 2. The number of carbonyl (C=O) groups is 3. The first kappa shape index (κ1) is 15.3. The Labute approximate surface area is 117 Å². The highest BCUT2D eigenvalue weighted by Gasteiger charge is 2.24. The minimum Gasteiger partial charge on any atom is -0.481 e. The number of benzene rings is 1. The molecule has 0 radical (unpaired) electrons. The SMILES string of the molecule is O=C(O)CC(NC(=O)c1cc(Cl)ccc1Cl)C(=O)O. The molecule has 0 aliphatic heterocycles. The molecule has 0 saturated heterocycles. The molecular weight excluding hydrogens is 297 g/mol. The molecule has 0 aromatic heterocycles. The molecule has 0 fully saturated rings. The van der Waals surface area contributed by atoms with E-state index < -0.39 is 30.3 Å². The zero-order chi connectivity index (χ0) is 14.6. The lowest BCUT2D eigenvalue weighted by Crippen LogP contribution is -2.42. The fourth-order valence-corrected chi connectivity index (χ4v) is 1.66. The highest BCUT2D eigenvalue weighted by atomic mass is 35.5. The van der Waals surface area contributed by atoms with E-state index in [1.165, 1.54) is 18.2 Å². The van der Waals surface area contributed by atoms with Gasteiger partial charge in [0.1, 0.15) is 6.04 Å². The second-order valence-electron chi connectivity index (χ2n) is 3.59. The van der Waals surface area contributed by atoms with Crippen LogP contribution in [0.4, 0.5) is 0 Å². The number of rotatable bonds is 5. The molecule has 19 heavy (non-hydrogen) atoms. The Hall–Kier alpha value is -1.79. The van der Waals surface area contributed by atoms with Crippen molar-refractivity contribution in [3.63, 3.8) is 0 Å². The average molecular weight is 306 g/mol. The summed E-state index contributed by atoms with van der Waals surface area (Å²) in [5.41, 5.74) is -0.0224. The van der Waals surface area contributed by atoms with E-state index in [0.29, 0.717) is 0 Å². The lowest BCUT2D eigenvalue weighted by atomic mass is 10.1. The Balaban J connectivity index is 2.90. The first-order valence-electron chi connectivity index (χ1n) is 5.01. The van der Waals surface area contributed by atoms with Crippen molar-refractivity contribution in [1.82, 2.24) is 5.32 Å². The van der Waals surface area contributed by atoms with Gasteiger partial charge in [-0.15, -0.1) is 0 Å². The zero-order valence-corrected chi connectivity index (χ0v) is 10.9. The molecule has 1 atom stereocenters. The summed E-state index contributed by atoms with van der Waals surface area (Å²) < 4.78 is 0. The molecule has 1 amide bonds. The molecule has 0 saturated carbocycles. The van der Waals surface area contributed by atoms with E-state index in [0.717, 1.165) is 0 Å². The van der Waals surface area contributed by atoms with Crippen LogP contribution >= 0.6 is 23.2 Å². The molecule has 1 unspecified atom stereocenters. The molecule has 1 aromatic carbocycles. The van der Waals surface area contributed by atoms with Gasteiger partial charge in [0.2, 0.25) is 0 Å². The van der Waals surface area contributed by atoms with E-state index in [1.807, 2.05) is 0 Å². The quantitative estimate of drug-likeness (QED) is 0.767. The molecule has 3 N–H and O–H groups in total. The van der Waals surface area contributed by atoms with Gasteiger partial charge in [0.15, 0.2) is 0 Å². The largest absolute Gasteiger partial charge is 0.481 e. The van der Waals surface area contributed by atoms with Gasteiger partial charge in [-0.1, -0.05) is 23.2 Å². The van der Waals surface area contributed by atoms with E-state index in [1.54, 1.807) is 0 Å². The van der Waals surface area contributed by atoms with Crippen molar-refractivity contribution < 1.29 is 24.6 Å². The third kappa shape index (κ3) is 4.42. The number of carboxylic acid groups (broad SMARTS) is 2. The Morgan fingerprint density at radius 1 is 1.21 bits per heavy atom. The molecule has 1 rings (SSSR count). The number of carbonyl (C=O) groups excluding carboxylic acids is 1. The molecule has 0 bridgehead atoms. The van der Waals surface area contributed by atoms with Crippen LogP contribution in [0, 0.1) is 0 Å². The van der Waals surface area contributed by atoms with Crippen molar-refractivity contribution in [2.75, 3.05) is 0 Å². The van der Waals surface area contributed by atoms with Crippen LogP contribution in [-0.4, -0.2) is 34.1 Å². The molecule has 0 aliphatic carbocycles. The second-order valence-corrected chi connectivity index (χ2v) is 4.43. The van der Waals surface area contributed by atoms with E-state index in [-0.39, 0.29) is 15.6 Å². The van der Waals surface area contributed by atoms with Gasteiger partial charge in [-0.2, -0.15) is 0 Å². The summed E-state index contributed by atoms with van der Waals surface area (Å²) in [6.45, 7) is 0. The van der Waals surface area contributed by atoms with Gasteiger partial charge in [-0.3, -0.25) is 9.59 Å². The number of halogens is 2. The number of aliphatic carboxylic acids is 2. The third-order valence-corrected chi connectivity index (χ3v) is 2.72. The Morgan fingerprint density at radius 2 is 1.84 bits per heavy atom. The van der Waals surface area contributed by atoms with Gasteiger partial charge in [-0.05, 0) is 18.2 Å². The van der Waals surface area contributed by atoms with Crippen molar-refractivity contribution in [3.8, 4) is 0 Å². The van der Waals surface area contributed by atoms with Gasteiger partial charge in [0, 0.05) is 5.02 Å². The molecule has 6 nitrogen and oxygen atoms in total. The van der Waals surface area contributed by atoms with Gasteiger partial charge in [0.25, 0.3) is 5.91 Å². The van der Waals surface area contributed by atoms with Crippen LogP contribution in [0.1, 0.15) is 16.8 Å². The summed E-state index contributed by atoms with van der Waals surface area (Å²) in [6, 6.07) is 2.57. The van der Waals surface area contributed by atoms with E-state index >= 15 is 0 Å². The monoisotopic (exact) mass is 305 g/mol. The lowest BCUT2D eigenvalue weighted by molar-refractivity contribution is -0.145. The molecule has 0 spiro atoms. The van der Waals surface area contributed by atoms with Crippen LogP contribution in [0.2, 0.25) is 10.0 Å². The Morgan fingerprint density at radius 3 is 2.37 bits per heavy atom. The van der Waals surface area contributed by atoms with Gasteiger partial charge < -0.3 is 15.5 Å². The Kier molecular flexibility index (Phi) is 5.14. The second kappa shape index (κ2) is 6.40. The maximum absolute atomic E-state index is 11.8. The fraction of sp³-hybridized carbons (Fsp3) is 0.182. The maximum Gasteiger partial charge on any atom is 0.326 e. The fourth-order valence-electron chi connectivity index (χ4n) is 1.28. The van der Waals surface area contributed by atoms with Crippen LogP contribution in [0.25, 0.3) is 0 Å². The number of hydrogen-bond acceptors (Lipinski definition) is 3. The molecular formula is C11H9Cl2NO5. The smallest absolute Gasteiger partial charge is 0.326 e. The van der Waals surface area contributed by atoms with Crippen molar-refractivity contribution in [3.05, 3.63) is 33.8 Å². The molecule has 102 valence electrons. The standard InChI is InChI=1S/C11H9Cl2NO5/c12-5-1-2-7(13)6(3-5)10(17)14-8(11(18)19)4-9(15)16/h1-3,8H,4H2,(H,14,17)(H,15,16)(H,18,19). The highest BCUT2D eigenvalue weighted by molar-refractivity contribution is 6.35. The Bertz CT molecular complexity index is 532. The van der Waals surface area contributed by atoms with Crippen molar-refractivity contribution in [2.24, 2.45) is 0 Å². The minimum absolute atomic E-state index is 0.0224. The summed E-state index contributed by atoms with van der Waals surface area (Å²) in [7, 11) is 0. The molecule has 8 heteroatoms. The average Bonchev–Trinajstić information content (AvgIpc) is 2.30. The predicted octanol–water partition coefficient (Wildman–Crippen LogP) is 1.65. The van der Waals surface area contributed by atoms with Crippen LogP contribution in [0.3, 0.4) is 0 Å². The molecule has 0 aliphatic rings. The van der Waals surface area contributed by atoms with Crippen LogP contribution in [0.5, 0.6) is 0 Å². The highest BCUT2D eigenvalue weighted by Crippen LogP contribution is 2.20. The molecule has 0 heterocycles. The summed E-state index contributed by atoms with van der Waals surface area (Å²) >= 11 is 11.5. The number of hydrogen-bond donors (Lipinski definition) is 3. The van der Waals surface area contributed by atoms with Gasteiger partial charge in [0.05, 0.1) is 17.0 Å². The molecule has 1 aromatic rings. The number of amides is 1. The van der Waals surface area contributed by atoms with E-state index in [9.17, 15) is 14.4 Å². The predicted molar refractivity (Wildman–Crippen MR) is 67.6 cm³/mol. The van der Waals surface area contributed by atoms with Crippen LogP contribution < -0.4 is 5.32 Å². The first-order valence-corrected chi connectivity index (χ1v) is 5.77. The van der Waals surface area contributed by atoms with Crippen LogP contribution in [-0.2, 0) is 9.59 Å². The maximum atomic E-state index is 11.8. The number of nitrogens with one attached hydrogen (secondary N) is 1. The lowest BCUT2D eigenvalue weighted by Gasteiger charge is -2.13. The summed E-state index contributed by atoms with van der Waals surface area (Å²) in [5, 5.41) is 19.8.